The molecule has 0 heterocycles. The van der Waals surface area contributed by atoms with Gasteiger partial charge in [0.05, 0.1) is 6.54 Å². The van der Waals surface area contributed by atoms with Crippen molar-refractivity contribution in [1.82, 2.24) is 10.2 Å². The molecule has 1 atom stereocenters. The molecule has 1 unspecified atom stereocenters. The summed E-state index contributed by atoms with van der Waals surface area (Å²) in [5.74, 6) is -1.07. The van der Waals surface area contributed by atoms with Crippen LogP contribution in [0.2, 0.25) is 0 Å². The molecule has 0 aliphatic heterocycles. The molecule has 0 saturated carbocycles. The zero-order valence-corrected chi connectivity index (χ0v) is 10.1. The number of amides is 1. The predicted molar refractivity (Wildman–Crippen MR) is 62.2 cm³/mol. The topological polar surface area (TPSA) is 69.6 Å². The fraction of sp³-hybridized carbons (Fsp3) is 0.636. The SMILES string of the molecule is C=C(C)CN(CC)C(=O)CNC(C)C(=O)O. The quantitative estimate of drug-likeness (QED) is 0.622. The summed E-state index contributed by atoms with van der Waals surface area (Å²) < 4.78 is 0. The maximum Gasteiger partial charge on any atom is 0.320 e. The van der Waals surface area contributed by atoms with Crippen LogP contribution in [-0.2, 0) is 9.59 Å². The molecule has 0 aliphatic rings. The van der Waals surface area contributed by atoms with Crippen molar-refractivity contribution in [1.29, 1.82) is 0 Å². The molecule has 16 heavy (non-hydrogen) atoms. The summed E-state index contributed by atoms with van der Waals surface area (Å²) in [6, 6.07) is -0.715. The van der Waals surface area contributed by atoms with Gasteiger partial charge < -0.3 is 10.0 Å². The largest absolute Gasteiger partial charge is 0.480 e. The summed E-state index contributed by atoms with van der Waals surface area (Å²) in [7, 11) is 0. The fourth-order valence-electron chi connectivity index (χ4n) is 1.14. The summed E-state index contributed by atoms with van der Waals surface area (Å²) >= 11 is 0. The molecule has 0 aliphatic carbocycles. The minimum Gasteiger partial charge on any atom is -0.480 e. The van der Waals surface area contributed by atoms with Crippen molar-refractivity contribution in [2.45, 2.75) is 26.8 Å². The number of carboxylic acids is 1. The highest BCUT2D eigenvalue weighted by atomic mass is 16.4. The van der Waals surface area contributed by atoms with Gasteiger partial charge in [0.15, 0.2) is 0 Å². The second-order valence-corrected chi connectivity index (χ2v) is 3.81. The predicted octanol–water partition coefficient (Wildman–Crippen LogP) is 0.474. The minimum absolute atomic E-state index is 0.0363. The second kappa shape index (κ2) is 7.00. The highest BCUT2D eigenvalue weighted by molar-refractivity contribution is 5.80. The lowest BCUT2D eigenvalue weighted by atomic mass is 10.3. The van der Waals surface area contributed by atoms with Gasteiger partial charge >= 0.3 is 5.97 Å². The lowest BCUT2D eigenvalue weighted by Crippen LogP contribution is -2.43. The summed E-state index contributed by atoms with van der Waals surface area (Å²) in [6.07, 6.45) is 0. The smallest absolute Gasteiger partial charge is 0.320 e. The second-order valence-electron chi connectivity index (χ2n) is 3.81. The van der Waals surface area contributed by atoms with Gasteiger partial charge in [0.25, 0.3) is 0 Å². The Morgan fingerprint density at radius 3 is 2.44 bits per heavy atom. The van der Waals surface area contributed by atoms with Gasteiger partial charge in [-0.25, -0.2) is 0 Å². The van der Waals surface area contributed by atoms with Crippen molar-refractivity contribution in [3.8, 4) is 0 Å². The number of hydrogen-bond donors (Lipinski definition) is 2. The third-order valence-electron chi connectivity index (χ3n) is 2.13. The molecule has 0 radical (unpaired) electrons. The van der Waals surface area contributed by atoms with Crippen LogP contribution in [0.1, 0.15) is 20.8 Å². The van der Waals surface area contributed by atoms with Crippen LogP contribution in [0.3, 0.4) is 0 Å². The van der Waals surface area contributed by atoms with Gasteiger partial charge in [-0.1, -0.05) is 12.2 Å². The lowest BCUT2D eigenvalue weighted by molar-refractivity contribution is -0.139. The maximum atomic E-state index is 11.7. The Hall–Kier alpha value is -1.36. The Morgan fingerprint density at radius 1 is 1.50 bits per heavy atom. The van der Waals surface area contributed by atoms with Crippen molar-refractivity contribution >= 4 is 11.9 Å². The standard InChI is InChI=1S/C11H20N2O3/c1-5-13(7-8(2)3)10(14)6-12-9(4)11(15)16/h9,12H,2,5-7H2,1,3-4H3,(H,15,16). The number of rotatable bonds is 7. The summed E-state index contributed by atoms with van der Waals surface area (Å²) in [5.41, 5.74) is 0.904. The van der Waals surface area contributed by atoms with Crippen molar-refractivity contribution in [2.24, 2.45) is 0 Å². The highest BCUT2D eigenvalue weighted by Gasteiger charge is 2.15. The van der Waals surface area contributed by atoms with Gasteiger partial charge in [0.1, 0.15) is 6.04 Å². The van der Waals surface area contributed by atoms with Crippen LogP contribution in [0.15, 0.2) is 12.2 Å². The van der Waals surface area contributed by atoms with E-state index in [1.54, 1.807) is 4.90 Å². The van der Waals surface area contributed by atoms with Gasteiger partial charge in [-0.3, -0.25) is 14.9 Å². The van der Waals surface area contributed by atoms with Crippen LogP contribution < -0.4 is 5.32 Å². The molecule has 0 rings (SSSR count). The Morgan fingerprint density at radius 2 is 2.06 bits per heavy atom. The lowest BCUT2D eigenvalue weighted by Gasteiger charge is -2.21. The van der Waals surface area contributed by atoms with E-state index >= 15 is 0 Å². The van der Waals surface area contributed by atoms with E-state index in [4.69, 9.17) is 5.11 Å². The first-order chi connectivity index (χ1) is 7.38. The van der Waals surface area contributed by atoms with Crippen LogP contribution in [0.25, 0.3) is 0 Å². The third-order valence-corrected chi connectivity index (χ3v) is 2.13. The van der Waals surface area contributed by atoms with E-state index < -0.39 is 12.0 Å². The first-order valence-corrected chi connectivity index (χ1v) is 5.26. The Bertz CT molecular complexity index is 276. The summed E-state index contributed by atoms with van der Waals surface area (Å²) in [6.45, 7) is 10.1. The van der Waals surface area contributed by atoms with Crippen LogP contribution in [0.5, 0.6) is 0 Å². The zero-order chi connectivity index (χ0) is 12.7. The zero-order valence-electron chi connectivity index (χ0n) is 10.1. The number of carbonyl (C=O) groups excluding carboxylic acids is 1. The third kappa shape index (κ3) is 5.50. The molecule has 5 nitrogen and oxygen atoms in total. The van der Waals surface area contributed by atoms with E-state index in [0.717, 1.165) is 5.57 Å². The van der Waals surface area contributed by atoms with Gasteiger partial charge in [-0.15, -0.1) is 0 Å². The van der Waals surface area contributed by atoms with Crippen LogP contribution in [0, 0.1) is 0 Å². The maximum absolute atomic E-state index is 11.7. The molecule has 1 amide bonds. The number of carboxylic acid groups (broad SMARTS) is 1. The van der Waals surface area contributed by atoms with Crippen LogP contribution in [0.4, 0.5) is 0 Å². The number of carbonyl (C=O) groups is 2. The average Bonchev–Trinajstić information content (AvgIpc) is 2.21. The first-order valence-electron chi connectivity index (χ1n) is 5.26. The molecule has 0 fully saturated rings. The van der Waals surface area contributed by atoms with Crippen LogP contribution in [-0.4, -0.2) is 47.6 Å². The van der Waals surface area contributed by atoms with Gasteiger partial charge in [0.2, 0.25) is 5.91 Å². The fourth-order valence-corrected chi connectivity index (χ4v) is 1.14. The Labute approximate surface area is 96.1 Å². The number of nitrogens with one attached hydrogen (secondary N) is 1. The molecular formula is C11H20N2O3. The Balaban J connectivity index is 4.12. The average molecular weight is 228 g/mol. The monoisotopic (exact) mass is 228 g/mol. The van der Waals surface area contributed by atoms with Crippen molar-refractivity contribution in [2.75, 3.05) is 19.6 Å². The van der Waals surface area contributed by atoms with E-state index in [0.29, 0.717) is 13.1 Å². The molecule has 0 aromatic carbocycles. The van der Waals surface area contributed by atoms with Gasteiger partial charge in [-0.05, 0) is 20.8 Å². The summed E-state index contributed by atoms with van der Waals surface area (Å²) in [5, 5.41) is 11.3. The van der Waals surface area contributed by atoms with Gasteiger partial charge in [0, 0.05) is 13.1 Å². The van der Waals surface area contributed by atoms with Crippen LogP contribution >= 0.6 is 0 Å². The number of likely N-dealkylation sites (N-methyl/N-ethyl adjacent to an activating group) is 1. The molecule has 92 valence electrons. The van der Waals surface area contributed by atoms with Crippen molar-refractivity contribution < 1.29 is 14.7 Å². The molecule has 0 spiro atoms. The van der Waals surface area contributed by atoms with E-state index in [1.165, 1.54) is 6.92 Å². The molecule has 0 saturated heterocycles. The molecule has 0 aromatic rings. The van der Waals surface area contributed by atoms with Crippen molar-refractivity contribution in [3.05, 3.63) is 12.2 Å². The number of nitrogens with zero attached hydrogens (tertiary/aromatic N) is 1. The molecule has 0 aromatic heterocycles. The normalized spacial score (nSPS) is 11.9. The van der Waals surface area contributed by atoms with Crippen molar-refractivity contribution in [3.63, 3.8) is 0 Å². The van der Waals surface area contributed by atoms with E-state index in [2.05, 4.69) is 11.9 Å². The van der Waals surface area contributed by atoms with E-state index in [-0.39, 0.29) is 12.5 Å². The summed E-state index contributed by atoms with van der Waals surface area (Å²) in [4.78, 5) is 23.8. The molecule has 5 heteroatoms. The van der Waals surface area contributed by atoms with E-state index in [9.17, 15) is 9.59 Å². The minimum atomic E-state index is -0.962. The number of aliphatic carboxylic acids is 1. The van der Waals surface area contributed by atoms with E-state index in [1.807, 2.05) is 13.8 Å². The molecule has 0 bridgehead atoms. The molecular weight excluding hydrogens is 208 g/mol. The number of hydrogen-bond acceptors (Lipinski definition) is 3. The molecule has 2 N–H and O–H groups in total. The first kappa shape index (κ1) is 14.6. The Kier molecular flexibility index (Phi) is 6.41. The highest BCUT2D eigenvalue weighted by Crippen LogP contribution is 1.96. The van der Waals surface area contributed by atoms with Gasteiger partial charge in [-0.2, -0.15) is 0 Å².